The van der Waals surface area contributed by atoms with Gasteiger partial charge in [-0.3, -0.25) is 9.67 Å². The molecule has 2 aromatic rings. The molecule has 0 aliphatic rings. The second-order valence-corrected chi connectivity index (χ2v) is 7.15. The fourth-order valence-corrected chi connectivity index (χ4v) is 3.38. The lowest BCUT2D eigenvalue weighted by molar-refractivity contribution is 0.472. The third-order valence-electron chi connectivity index (χ3n) is 3.79. The van der Waals surface area contributed by atoms with E-state index in [-0.39, 0.29) is 24.0 Å². The summed E-state index contributed by atoms with van der Waals surface area (Å²) < 4.78 is 1.89. The zero-order chi connectivity index (χ0) is 17.7. The van der Waals surface area contributed by atoms with Gasteiger partial charge in [0.25, 0.3) is 0 Å². The Hall–Kier alpha value is -1.16. The van der Waals surface area contributed by atoms with Crippen LogP contribution in [0.4, 0.5) is 0 Å². The molecule has 0 aliphatic carbocycles. The van der Waals surface area contributed by atoms with Crippen molar-refractivity contribution in [3.05, 3.63) is 33.5 Å². The molecular formula is C17H29IN6S. The molecule has 0 aromatic carbocycles. The molecule has 1 N–H and O–H groups in total. The zero-order valence-corrected chi connectivity index (χ0v) is 19.1. The van der Waals surface area contributed by atoms with E-state index in [0.29, 0.717) is 12.5 Å². The summed E-state index contributed by atoms with van der Waals surface area (Å²) in [7, 11) is 5.82. The molecule has 0 fully saturated rings. The maximum Gasteiger partial charge on any atom is 0.194 e. The molecule has 0 saturated heterocycles. The number of aromatic nitrogens is 3. The molecule has 0 aliphatic heterocycles. The van der Waals surface area contributed by atoms with E-state index in [0.717, 1.165) is 30.3 Å². The number of halogens is 1. The Morgan fingerprint density at radius 2 is 2.16 bits per heavy atom. The molecule has 8 heteroatoms. The van der Waals surface area contributed by atoms with Gasteiger partial charge in [-0.05, 0) is 12.3 Å². The van der Waals surface area contributed by atoms with Gasteiger partial charge >= 0.3 is 0 Å². The lowest BCUT2D eigenvalue weighted by atomic mass is 10.1. The summed E-state index contributed by atoms with van der Waals surface area (Å²) in [5, 5.41) is 11.2. The van der Waals surface area contributed by atoms with Crippen molar-refractivity contribution < 1.29 is 0 Å². The summed E-state index contributed by atoms with van der Waals surface area (Å²) in [5.74, 6) is 1.27. The highest BCUT2D eigenvalue weighted by Gasteiger charge is 2.15. The Morgan fingerprint density at radius 1 is 1.44 bits per heavy atom. The third kappa shape index (κ3) is 5.95. The highest BCUT2D eigenvalue weighted by atomic mass is 127. The number of guanidine groups is 1. The number of aliphatic imine (C=N–C) groups is 1. The third-order valence-corrected chi connectivity index (χ3v) is 4.84. The van der Waals surface area contributed by atoms with Crippen LogP contribution < -0.4 is 5.32 Å². The molecule has 0 amide bonds. The molecule has 140 valence electrons. The molecular weight excluding hydrogens is 447 g/mol. The standard InChI is InChI=1S/C17H28N6S.HI/c1-7-15-20-14(11-24-15)8-19-17(18-4)22(5)9-13-10-23(6)21-16(13)12(2)3;/h10-12H,7-9H2,1-6H3,(H,18,19);1H. The summed E-state index contributed by atoms with van der Waals surface area (Å²) in [4.78, 5) is 11.1. The number of hydrogen-bond donors (Lipinski definition) is 1. The Kier molecular flexibility index (Phi) is 8.84. The van der Waals surface area contributed by atoms with Crippen LogP contribution in [-0.4, -0.2) is 39.7 Å². The van der Waals surface area contributed by atoms with Gasteiger partial charge in [-0.1, -0.05) is 20.8 Å². The van der Waals surface area contributed by atoms with E-state index < -0.39 is 0 Å². The van der Waals surface area contributed by atoms with Crippen molar-refractivity contribution in [1.82, 2.24) is 25.0 Å². The normalized spacial score (nSPS) is 11.6. The Labute approximate surface area is 171 Å². The number of thiazole rings is 1. The van der Waals surface area contributed by atoms with Crippen LogP contribution in [0.2, 0.25) is 0 Å². The molecule has 2 aromatic heterocycles. The van der Waals surface area contributed by atoms with E-state index in [2.05, 4.69) is 57.6 Å². The van der Waals surface area contributed by atoms with E-state index in [1.54, 1.807) is 11.3 Å². The predicted molar refractivity (Wildman–Crippen MR) is 116 cm³/mol. The minimum Gasteiger partial charge on any atom is -0.351 e. The van der Waals surface area contributed by atoms with Crippen LogP contribution >= 0.6 is 35.3 Å². The van der Waals surface area contributed by atoms with Crippen LogP contribution in [0.15, 0.2) is 16.6 Å². The average Bonchev–Trinajstić information content (AvgIpc) is 3.14. The van der Waals surface area contributed by atoms with Gasteiger partial charge in [-0.15, -0.1) is 35.3 Å². The van der Waals surface area contributed by atoms with Crippen molar-refractivity contribution in [3.8, 4) is 0 Å². The molecule has 0 unspecified atom stereocenters. The van der Waals surface area contributed by atoms with Crippen LogP contribution in [0.3, 0.4) is 0 Å². The van der Waals surface area contributed by atoms with E-state index in [9.17, 15) is 0 Å². The fraction of sp³-hybridized carbons (Fsp3) is 0.588. The second-order valence-electron chi connectivity index (χ2n) is 6.21. The first-order chi connectivity index (χ1) is 11.4. The van der Waals surface area contributed by atoms with Gasteiger partial charge in [-0.25, -0.2) is 4.98 Å². The van der Waals surface area contributed by atoms with E-state index in [4.69, 9.17) is 0 Å². The first kappa shape index (κ1) is 21.9. The number of aryl methyl sites for hydroxylation is 2. The summed E-state index contributed by atoms with van der Waals surface area (Å²) in [6.45, 7) is 7.94. The van der Waals surface area contributed by atoms with Crippen LogP contribution in [0.25, 0.3) is 0 Å². The topological polar surface area (TPSA) is 58.3 Å². The van der Waals surface area contributed by atoms with Gasteiger partial charge in [0.05, 0.1) is 22.9 Å². The lowest BCUT2D eigenvalue weighted by Crippen LogP contribution is -2.38. The molecule has 2 heterocycles. The second kappa shape index (κ2) is 10.1. The van der Waals surface area contributed by atoms with Crippen molar-refractivity contribution in [2.45, 2.75) is 46.2 Å². The molecule has 0 spiro atoms. The zero-order valence-electron chi connectivity index (χ0n) is 15.9. The number of nitrogens with one attached hydrogen (secondary N) is 1. The minimum atomic E-state index is 0. The molecule has 2 rings (SSSR count). The summed E-state index contributed by atoms with van der Waals surface area (Å²) in [6.07, 6.45) is 3.07. The van der Waals surface area contributed by atoms with Crippen LogP contribution in [0.1, 0.15) is 48.6 Å². The average molecular weight is 476 g/mol. The molecule has 0 bridgehead atoms. The highest BCUT2D eigenvalue weighted by molar-refractivity contribution is 14.0. The first-order valence-corrected chi connectivity index (χ1v) is 9.20. The summed E-state index contributed by atoms with van der Waals surface area (Å²) in [6, 6.07) is 0. The Bertz CT molecular complexity index is 691. The van der Waals surface area contributed by atoms with E-state index in [1.165, 1.54) is 10.6 Å². The molecule has 6 nitrogen and oxygen atoms in total. The van der Waals surface area contributed by atoms with Crippen molar-refractivity contribution in [2.75, 3.05) is 14.1 Å². The molecule has 0 atom stereocenters. The van der Waals surface area contributed by atoms with Crippen molar-refractivity contribution in [3.63, 3.8) is 0 Å². The van der Waals surface area contributed by atoms with E-state index in [1.807, 2.05) is 25.8 Å². The molecule has 0 radical (unpaired) electrons. The van der Waals surface area contributed by atoms with Crippen LogP contribution in [0, 0.1) is 0 Å². The number of hydrogen-bond acceptors (Lipinski definition) is 4. The van der Waals surface area contributed by atoms with E-state index >= 15 is 0 Å². The fourth-order valence-electron chi connectivity index (χ4n) is 2.64. The smallest absolute Gasteiger partial charge is 0.194 e. The molecule has 0 saturated carbocycles. The maximum absolute atomic E-state index is 4.59. The van der Waals surface area contributed by atoms with Crippen LogP contribution in [-0.2, 0) is 26.6 Å². The quantitative estimate of drug-likeness (QED) is 0.395. The van der Waals surface area contributed by atoms with Gasteiger partial charge < -0.3 is 10.2 Å². The lowest BCUT2D eigenvalue weighted by Gasteiger charge is -2.22. The minimum absolute atomic E-state index is 0. The number of nitrogens with zero attached hydrogens (tertiary/aromatic N) is 5. The highest BCUT2D eigenvalue weighted by Crippen LogP contribution is 2.18. The predicted octanol–water partition coefficient (Wildman–Crippen LogP) is 3.39. The first-order valence-electron chi connectivity index (χ1n) is 8.32. The van der Waals surface area contributed by atoms with Crippen molar-refractivity contribution >= 4 is 41.3 Å². The Balaban J connectivity index is 0.00000312. The van der Waals surface area contributed by atoms with Gasteiger partial charge in [0.15, 0.2) is 5.96 Å². The molecule has 25 heavy (non-hydrogen) atoms. The Morgan fingerprint density at radius 3 is 2.72 bits per heavy atom. The number of rotatable bonds is 6. The van der Waals surface area contributed by atoms with Gasteiger partial charge in [-0.2, -0.15) is 5.10 Å². The van der Waals surface area contributed by atoms with Crippen molar-refractivity contribution in [2.24, 2.45) is 12.0 Å². The SMILES string of the molecule is CCc1nc(CNC(=NC)N(C)Cc2cn(C)nc2C(C)C)cs1.I. The van der Waals surface area contributed by atoms with Gasteiger partial charge in [0, 0.05) is 44.8 Å². The van der Waals surface area contributed by atoms with Gasteiger partial charge in [0.2, 0.25) is 0 Å². The maximum atomic E-state index is 4.59. The summed E-state index contributed by atoms with van der Waals surface area (Å²) in [5.41, 5.74) is 3.45. The van der Waals surface area contributed by atoms with Crippen molar-refractivity contribution in [1.29, 1.82) is 0 Å². The summed E-state index contributed by atoms with van der Waals surface area (Å²) >= 11 is 1.71. The van der Waals surface area contributed by atoms with Gasteiger partial charge in [0.1, 0.15) is 0 Å². The monoisotopic (exact) mass is 476 g/mol. The van der Waals surface area contributed by atoms with Crippen LogP contribution in [0.5, 0.6) is 0 Å². The largest absolute Gasteiger partial charge is 0.351 e.